The van der Waals surface area contributed by atoms with Crippen LogP contribution in [0.3, 0.4) is 0 Å². The van der Waals surface area contributed by atoms with Gasteiger partial charge < -0.3 is 4.74 Å². The highest BCUT2D eigenvalue weighted by molar-refractivity contribution is 5.39. The van der Waals surface area contributed by atoms with E-state index in [0.717, 1.165) is 11.3 Å². The van der Waals surface area contributed by atoms with Gasteiger partial charge in [0.05, 0.1) is 11.6 Å². The summed E-state index contributed by atoms with van der Waals surface area (Å²) in [6.07, 6.45) is 0. The van der Waals surface area contributed by atoms with E-state index in [1.807, 2.05) is 30.3 Å². The predicted octanol–water partition coefficient (Wildman–Crippen LogP) is 4.57. The summed E-state index contributed by atoms with van der Waals surface area (Å²) in [5, 5.41) is 8.88. The van der Waals surface area contributed by atoms with Gasteiger partial charge in [0, 0.05) is 5.56 Å². The van der Waals surface area contributed by atoms with Gasteiger partial charge in [-0.15, -0.1) is 0 Å². The third kappa shape index (κ3) is 3.61. The molecule has 0 saturated heterocycles. The molecule has 0 N–H and O–H groups in total. The zero-order valence-electron chi connectivity index (χ0n) is 12.5. The number of rotatable bonds is 3. The Kier molecular flexibility index (Phi) is 4.28. The molecule has 0 spiro atoms. The van der Waals surface area contributed by atoms with Gasteiger partial charge in [-0.25, -0.2) is 4.39 Å². The Balaban J connectivity index is 2.24. The molecule has 0 radical (unpaired) electrons. The van der Waals surface area contributed by atoms with Crippen LogP contribution in [0, 0.1) is 17.1 Å². The van der Waals surface area contributed by atoms with Gasteiger partial charge in [-0.05, 0) is 35.2 Å². The van der Waals surface area contributed by atoms with Crippen molar-refractivity contribution in [2.45, 2.75) is 32.8 Å². The van der Waals surface area contributed by atoms with Crippen molar-refractivity contribution in [1.82, 2.24) is 0 Å². The van der Waals surface area contributed by atoms with E-state index in [-0.39, 0.29) is 17.8 Å². The van der Waals surface area contributed by atoms with Crippen LogP contribution >= 0.6 is 0 Å². The highest BCUT2D eigenvalue weighted by Gasteiger charge is 2.18. The summed E-state index contributed by atoms with van der Waals surface area (Å²) >= 11 is 0. The van der Waals surface area contributed by atoms with Gasteiger partial charge in [0.1, 0.15) is 18.2 Å². The topological polar surface area (TPSA) is 33.0 Å². The molecule has 3 heteroatoms. The summed E-state index contributed by atoms with van der Waals surface area (Å²) in [6.45, 7) is 6.42. The second kappa shape index (κ2) is 5.97. The van der Waals surface area contributed by atoms with E-state index < -0.39 is 0 Å². The van der Waals surface area contributed by atoms with E-state index in [9.17, 15) is 4.39 Å². The second-order valence-corrected chi connectivity index (χ2v) is 5.95. The van der Waals surface area contributed by atoms with Crippen molar-refractivity contribution in [3.05, 3.63) is 65.0 Å². The maximum Gasteiger partial charge on any atom is 0.129 e. The van der Waals surface area contributed by atoms with Crippen molar-refractivity contribution >= 4 is 0 Å². The molecule has 2 aromatic carbocycles. The van der Waals surface area contributed by atoms with E-state index in [1.54, 1.807) is 0 Å². The number of nitriles is 1. The zero-order chi connectivity index (χ0) is 15.5. The van der Waals surface area contributed by atoms with Crippen LogP contribution in [0.1, 0.15) is 37.5 Å². The van der Waals surface area contributed by atoms with Crippen molar-refractivity contribution < 1.29 is 9.13 Å². The molecule has 0 atom stereocenters. The predicted molar refractivity (Wildman–Crippen MR) is 80.6 cm³/mol. The highest BCUT2D eigenvalue weighted by Crippen LogP contribution is 2.31. The molecule has 0 unspecified atom stereocenters. The fourth-order valence-corrected chi connectivity index (χ4v) is 2.12. The Morgan fingerprint density at radius 2 is 1.86 bits per heavy atom. The molecule has 21 heavy (non-hydrogen) atoms. The minimum atomic E-state index is -0.359. The van der Waals surface area contributed by atoms with Crippen molar-refractivity contribution in [1.29, 1.82) is 5.26 Å². The lowest BCUT2D eigenvalue weighted by Gasteiger charge is -2.22. The molecule has 0 fully saturated rings. The number of nitrogens with zero attached hydrogens (tertiary/aromatic N) is 1. The Morgan fingerprint density at radius 1 is 1.14 bits per heavy atom. The molecular weight excluding hydrogens is 265 g/mol. The van der Waals surface area contributed by atoms with Crippen LogP contribution in [-0.2, 0) is 12.0 Å². The third-order valence-corrected chi connectivity index (χ3v) is 3.25. The van der Waals surface area contributed by atoms with Crippen molar-refractivity contribution in [3.8, 4) is 11.8 Å². The van der Waals surface area contributed by atoms with Gasteiger partial charge in [-0.2, -0.15) is 5.26 Å². The first-order valence-corrected chi connectivity index (χ1v) is 6.82. The minimum Gasteiger partial charge on any atom is -0.488 e. The Morgan fingerprint density at radius 3 is 2.52 bits per heavy atom. The Hall–Kier alpha value is -2.34. The van der Waals surface area contributed by atoms with Gasteiger partial charge >= 0.3 is 0 Å². The van der Waals surface area contributed by atoms with Crippen LogP contribution in [0.2, 0.25) is 0 Å². The quantitative estimate of drug-likeness (QED) is 0.826. The first-order chi connectivity index (χ1) is 9.91. The van der Waals surface area contributed by atoms with Crippen LogP contribution in [-0.4, -0.2) is 0 Å². The lowest BCUT2D eigenvalue weighted by Crippen LogP contribution is -2.13. The maximum absolute atomic E-state index is 13.8. The SMILES string of the molecule is CC(C)(C)c1ccccc1OCc1cc(C#N)ccc1F. The largest absolute Gasteiger partial charge is 0.488 e. The van der Waals surface area contributed by atoms with Gasteiger partial charge in [0.15, 0.2) is 0 Å². The minimum absolute atomic E-state index is 0.0519. The first-order valence-electron chi connectivity index (χ1n) is 6.82. The molecule has 0 aliphatic rings. The number of ether oxygens (including phenoxy) is 1. The third-order valence-electron chi connectivity index (χ3n) is 3.25. The van der Waals surface area contributed by atoms with E-state index in [0.29, 0.717) is 11.1 Å². The number of para-hydroxylation sites is 1. The summed E-state index contributed by atoms with van der Waals surface area (Å²) in [5.74, 6) is 0.383. The maximum atomic E-state index is 13.8. The molecule has 2 aromatic rings. The van der Waals surface area contributed by atoms with Crippen LogP contribution in [0.4, 0.5) is 4.39 Å². The summed E-state index contributed by atoms with van der Waals surface area (Å²) in [7, 11) is 0. The van der Waals surface area contributed by atoms with Crippen molar-refractivity contribution in [2.75, 3.05) is 0 Å². The lowest BCUT2D eigenvalue weighted by molar-refractivity contribution is 0.291. The van der Waals surface area contributed by atoms with Gasteiger partial charge in [-0.3, -0.25) is 0 Å². The Labute approximate surface area is 124 Å². The molecule has 108 valence electrons. The zero-order valence-corrected chi connectivity index (χ0v) is 12.5. The van der Waals surface area contributed by atoms with E-state index >= 15 is 0 Å². The molecule has 2 nitrogen and oxygen atoms in total. The van der Waals surface area contributed by atoms with Crippen LogP contribution in [0.5, 0.6) is 5.75 Å². The van der Waals surface area contributed by atoms with Crippen LogP contribution in [0.15, 0.2) is 42.5 Å². The van der Waals surface area contributed by atoms with E-state index in [1.165, 1.54) is 18.2 Å². The molecule has 0 heterocycles. The molecule has 0 bridgehead atoms. The molecule has 0 aliphatic carbocycles. The normalized spacial score (nSPS) is 11.0. The first kappa shape index (κ1) is 15.1. The summed E-state index contributed by atoms with van der Waals surface area (Å²) < 4.78 is 19.5. The molecule has 0 saturated carbocycles. The smallest absolute Gasteiger partial charge is 0.129 e. The Bertz CT molecular complexity index is 680. The van der Waals surface area contributed by atoms with Gasteiger partial charge in [-0.1, -0.05) is 39.0 Å². The van der Waals surface area contributed by atoms with E-state index in [4.69, 9.17) is 10.00 Å². The second-order valence-electron chi connectivity index (χ2n) is 5.95. The van der Waals surface area contributed by atoms with Crippen molar-refractivity contribution in [2.24, 2.45) is 0 Å². The fourth-order valence-electron chi connectivity index (χ4n) is 2.12. The van der Waals surface area contributed by atoms with E-state index in [2.05, 4.69) is 20.8 Å². The molecule has 0 aliphatic heterocycles. The summed E-state index contributed by atoms with van der Waals surface area (Å²) in [5.41, 5.74) is 1.84. The van der Waals surface area contributed by atoms with Crippen molar-refractivity contribution in [3.63, 3.8) is 0 Å². The molecule has 0 aromatic heterocycles. The number of halogens is 1. The summed E-state index contributed by atoms with van der Waals surface area (Å²) in [4.78, 5) is 0. The van der Waals surface area contributed by atoms with Gasteiger partial charge in [0.2, 0.25) is 0 Å². The average molecular weight is 283 g/mol. The molecule has 0 amide bonds. The fraction of sp³-hybridized carbons (Fsp3) is 0.278. The molecular formula is C18H18FNO. The van der Waals surface area contributed by atoms with Crippen LogP contribution < -0.4 is 4.74 Å². The summed E-state index contributed by atoms with van der Waals surface area (Å²) in [6, 6.07) is 14.0. The number of benzene rings is 2. The van der Waals surface area contributed by atoms with Crippen LogP contribution in [0.25, 0.3) is 0 Å². The molecule has 2 rings (SSSR count). The average Bonchev–Trinajstić information content (AvgIpc) is 2.46. The van der Waals surface area contributed by atoms with Gasteiger partial charge in [0.25, 0.3) is 0 Å². The number of hydrogen-bond donors (Lipinski definition) is 0. The lowest BCUT2D eigenvalue weighted by atomic mass is 9.86. The highest BCUT2D eigenvalue weighted by atomic mass is 19.1. The standard InChI is InChI=1S/C18H18FNO/c1-18(2,3)15-6-4-5-7-17(15)21-12-14-10-13(11-20)8-9-16(14)19/h4-10H,12H2,1-3H3. The number of hydrogen-bond acceptors (Lipinski definition) is 2. The monoisotopic (exact) mass is 283 g/mol.